The van der Waals surface area contributed by atoms with Gasteiger partial charge in [-0.05, 0) is 60.4 Å². The summed E-state index contributed by atoms with van der Waals surface area (Å²) in [6.07, 6.45) is -0.336. The van der Waals surface area contributed by atoms with Gasteiger partial charge in [-0.1, -0.05) is 55.8 Å². The smallest absolute Gasteiger partial charge is 0.319 e. The topological polar surface area (TPSA) is 151 Å². The van der Waals surface area contributed by atoms with E-state index < -0.39 is 63.3 Å². The Bertz CT molecular complexity index is 1740. The van der Waals surface area contributed by atoms with Gasteiger partial charge in [-0.2, -0.15) is 0 Å². The largest absolute Gasteiger partial charge is 0.469 e. The van der Waals surface area contributed by atoms with E-state index in [9.17, 15) is 27.6 Å². The standard InChI is InChI=1S/C33H36ClFN4O7S/c1-20(2)18-36-32(42)27-17-28(47(44,45)24-13-11-22(34)12-14-24)31(25-9-4-5-10-26(25)35)39(27)29(40)19-37-33(43)38-23-8-6-7-21(15-23)16-30(41)46-3/h4-15,20,27-28,31H,16-19H2,1-3H3,(H,36,42)(H2,37,38,43). The molecular formula is C33H36ClFN4O7S. The number of anilines is 1. The number of hydrogen-bond acceptors (Lipinski definition) is 7. The highest BCUT2D eigenvalue weighted by Crippen LogP contribution is 2.43. The number of ether oxygens (including phenoxy) is 1. The zero-order valence-electron chi connectivity index (χ0n) is 26.0. The van der Waals surface area contributed by atoms with E-state index >= 15 is 4.39 Å². The second-order valence-electron chi connectivity index (χ2n) is 11.5. The predicted molar refractivity (Wildman–Crippen MR) is 174 cm³/mol. The summed E-state index contributed by atoms with van der Waals surface area (Å²) in [5.41, 5.74) is 0.829. The number of esters is 1. The minimum absolute atomic E-state index is 0.0150. The molecule has 0 spiro atoms. The van der Waals surface area contributed by atoms with Crippen LogP contribution in [0.1, 0.15) is 37.4 Å². The van der Waals surface area contributed by atoms with Gasteiger partial charge in [0.2, 0.25) is 11.8 Å². The summed E-state index contributed by atoms with van der Waals surface area (Å²) in [5, 5.41) is 6.68. The number of sulfone groups is 1. The van der Waals surface area contributed by atoms with Crippen LogP contribution in [-0.4, -0.2) is 68.6 Å². The second kappa shape index (κ2) is 15.4. The normalized spacial score (nSPS) is 17.7. The number of hydrogen-bond donors (Lipinski definition) is 3. The maximum absolute atomic E-state index is 15.4. The highest BCUT2D eigenvalue weighted by atomic mass is 35.5. The third kappa shape index (κ3) is 8.66. The van der Waals surface area contributed by atoms with E-state index in [1.807, 2.05) is 13.8 Å². The minimum Gasteiger partial charge on any atom is -0.469 e. The van der Waals surface area contributed by atoms with Gasteiger partial charge in [-0.25, -0.2) is 17.6 Å². The van der Waals surface area contributed by atoms with E-state index in [0.717, 1.165) is 11.0 Å². The summed E-state index contributed by atoms with van der Waals surface area (Å²) >= 11 is 5.99. The van der Waals surface area contributed by atoms with Crippen molar-refractivity contribution in [3.8, 4) is 0 Å². The summed E-state index contributed by atoms with van der Waals surface area (Å²) in [7, 11) is -2.99. The number of carbonyl (C=O) groups excluding carboxylic acids is 4. The molecule has 47 heavy (non-hydrogen) atoms. The lowest BCUT2D eigenvalue weighted by molar-refractivity contribution is -0.140. The summed E-state index contributed by atoms with van der Waals surface area (Å²) in [5.74, 6) is -2.57. The number of methoxy groups -OCH3 is 1. The molecule has 0 bridgehead atoms. The number of nitrogens with one attached hydrogen (secondary N) is 3. The first kappa shape index (κ1) is 35.4. The molecule has 4 rings (SSSR count). The van der Waals surface area contributed by atoms with E-state index in [1.54, 1.807) is 24.3 Å². The van der Waals surface area contributed by atoms with Gasteiger partial charge in [0.05, 0.1) is 36.3 Å². The Balaban J connectivity index is 1.65. The summed E-state index contributed by atoms with van der Waals surface area (Å²) in [4.78, 5) is 52.9. The van der Waals surface area contributed by atoms with Gasteiger partial charge in [0.25, 0.3) is 0 Å². The highest BCUT2D eigenvalue weighted by molar-refractivity contribution is 7.92. The minimum atomic E-state index is -4.25. The molecule has 14 heteroatoms. The zero-order chi connectivity index (χ0) is 34.3. The second-order valence-corrected chi connectivity index (χ2v) is 14.1. The van der Waals surface area contributed by atoms with Crippen molar-refractivity contribution in [3.05, 3.63) is 94.8 Å². The average molecular weight is 687 g/mol. The number of carbonyl (C=O) groups is 4. The molecule has 1 aliphatic heterocycles. The van der Waals surface area contributed by atoms with Crippen molar-refractivity contribution in [2.45, 2.75) is 48.9 Å². The lowest BCUT2D eigenvalue weighted by atomic mass is 10.0. The fourth-order valence-electron chi connectivity index (χ4n) is 5.40. The molecule has 250 valence electrons. The Morgan fingerprint density at radius 2 is 1.70 bits per heavy atom. The molecule has 3 N–H and O–H groups in total. The van der Waals surface area contributed by atoms with Gasteiger partial charge >= 0.3 is 12.0 Å². The first-order valence-electron chi connectivity index (χ1n) is 14.8. The molecule has 3 aromatic carbocycles. The number of halogens is 2. The predicted octanol–water partition coefficient (Wildman–Crippen LogP) is 4.27. The molecule has 1 heterocycles. The van der Waals surface area contributed by atoms with Crippen LogP contribution in [0.3, 0.4) is 0 Å². The van der Waals surface area contributed by atoms with Crippen LogP contribution in [0.25, 0.3) is 0 Å². The molecule has 3 atom stereocenters. The first-order valence-corrected chi connectivity index (χ1v) is 16.8. The van der Waals surface area contributed by atoms with Crippen LogP contribution >= 0.6 is 11.6 Å². The lowest BCUT2D eigenvalue weighted by Gasteiger charge is -2.32. The number of nitrogens with zero attached hydrogens (tertiary/aromatic N) is 1. The van der Waals surface area contributed by atoms with Gasteiger partial charge in [-0.3, -0.25) is 14.4 Å². The Kier molecular flexibility index (Phi) is 11.6. The van der Waals surface area contributed by atoms with Crippen LogP contribution in [0.5, 0.6) is 0 Å². The van der Waals surface area contributed by atoms with E-state index in [2.05, 4.69) is 20.7 Å². The average Bonchev–Trinajstić information content (AvgIpc) is 3.44. The summed E-state index contributed by atoms with van der Waals surface area (Å²) in [6, 6.07) is 13.9. The maximum Gasteiger partial charge on any atom is 0.319 e. The van der Waals surface area contributed by atoms with Crippen LogP contribution in [0.15, 0.2) is 77.7 Å². The van der Waals surface area contributed by atoms with Gasteiger partial charge in [0.1, 0.15) is 11.9 Å². The van der Waals surface area contributed by atoms with E-state index in [4.69, 9.17) is 11.6 Å². The molecule has 0 aliphatic carbocycles. The van der Waals surface area contributed by atoms with Gasteiger partial charge in [-0.15, -0.1) is 0 Å². The molecule has 11 nitrogen and oxygen atoms in total. The third-order valence-corrected chi connectivity index (χ3v) is 10.1. The molecule has 4 amide bonds. The molecular weight excluding hydrogens is 651 g/mol. The highest BCUT2D eigenvalue weighted by Gasteiger charge is 2.53. The SMILES string of the molecule is COC(=O)Cc1cccc(NC(=O)NCC(=O)N2C(C(=O)NCC(C)C)CC(S(=O)(=O)c3ccc(Cl)cc3)C2c2ccccc2F)c1. The Labute approximate surface area is 277 Å². The first-order chi connectivity index (χ1) is 22.3. The third-order valence-electron chi connectivity index (χ3n) is 7.64. The van der Waals surface area contributed by atoms with Gasteiger partial charge < -0.3 is 25.6 Å². The number of likely N-dealkylation sites (tertiary alicyclic amines) is 1. The molecule has 3 aromatic rings. The van der Waals surface area contributed by atoms with Crippen LogP contribution < -0.4 is 16.0 Å². The van der Waals surface area contributed by atoms with Gasteiger partial charge in [0, 0.05) is 22.8 Å². The lowest BCUT2D eigenvalue weighted by Crippen LogP contribution is -2.50. The fourth-order valence-corrected chi connectivity index (χ4v) is 7.44. The van der Waals surface area contributed by atoms with E-state index in [1.165, 1.54) is 49.6 Å². The zero-order valence-corrected chi connectivity index (χ0v) is 27.6. The van der Waals surface area contributed by atoms with E-state index in [0.29, 0.717) is 16.3 Å². The Hall–Kier alpha value is -4.49. The van der Waals surface area contributed by atoms with Crippen LogP contribution in [0.4, 0.5) is 14.9 Å². The van der Waals surface area contributed by atoms with Crippen molar-refractivity contribution >= 4 is 50.9 Å². The van der Waals surface area contributed by atoms with Crippen molar-refractivity contribution in [2.24, 2.45) is 5.92 Å². The molecule has 0 radical (unpaired) electrons. The quantitative estimate of drug-likeness (QED) is 0.255. The molecule has 0 saturated carbocycles. The molecule has 0 aromatic heterocycles. The van der Waals surface area contributed by atoms with Crippen LogP contribution in [0.2, 0.25) is 5.02 Å². The van der Waals surface area contributed by atoms with Crippen LogP contribution in [-0.2, 0) is 35.4 Å². The van der Waals surface area contributed by atoms with Crippen molar-refractivity contribution in [3.63, 3.8) is 0 Å². The number of rotatable bonds is 11. The Morgan fingerprint density at radius 3 is 2.36 bits per heavy atom. The molecule has 3 unspecified atom stereocenters. The number of amides is 4. The Morgan fingerprint density at radius 1 is 1.00 bits per heavy atom. The molecule has 1 saturated heterocycles. The molecule has 1 aliphatic rings. The summed E-state index contributed by atoms with van der Waals surface area (Å²) in [6.45, 7) is 3.37. The molecule has 1 fully saturated rings. The van der Waals surface area contributed by atoms with Gasteiger partial charge in [0.15, 0.2) is 9.84 Å². The van der Waals surface area contributed by atoms with Crippen molar-refractivity contribution in [1.29, 1.82) is 0 Å². The van der Waals surface area contributed by atoms with Crippen LogP contribution in [0, 0.1) is 11.7 Å². The maximum atomic E-state index is 15.4. The van der Waals surface area contributed by atoms with Crippen molar-refractivity contribution in [2.75, 3.05) is 25.5 Å². The number of urea groups is 1. The summed E-state index contributed by atoms with van der Waals surface area (Å²) < 4.78 is 48.2. The van der Waals surface area contributed by atoms with E-state index in [-0.39, 0.29) is 35.8 Å². The van der Waals surface area contributed by atoms with Crippen molar-refractivity contribution in [1.82, 2.24) is 15.5 Å². The monoisotopic (exact) mass is 686 g/mol. The number of benzene rings is 3. The van der Waals surface area contributed by atoms with Crippen molar-refractivity contribution < 1.29 is 36.7 Å². The fraction of sp³-hybridized carbons (Fsp3) is 0.333.